The number of piperidine rings is 1. The molecule has 1 fully saturated rings. The van der Waals surface area contributed by atoms with E-state index in [2.05, 4.69) is 17.1 Å². The molecular formula is C18H30N4O3S. The molecule has 0 aliphatic carbocycles. The topological polar surface area (TPSA) is 73.0 Å². The summed E-state index contributed by atoms with van der Waals surface area (Å²) >= 11 is 0. The molecule has 1 saturated heterocycles. The van der Waals surface area contributed by atoms with Crippen LogP contribution >= 0.6 is 0 Å². The molecular weight excluding hydrogens is 352 g/mol. The van der Waals surface area contributed by atoms with Gasteiger partial charge in [0.25, 0.3) is 0 Å². The van der Waals surface area contributed by atoms with Gasteiger partial charge in [0.15, 0.2) is 0 Å². The van der Waals surface area contributed by atoms with Crippen molar-refractivity contribution in [1.29, 1.82) is 0 Å². The van der Waals surface area contributed by atoms with Gasteiger partial charge in [-0.15, -0.1) is 0 Å². The van der Waals surface area contributed by atoms with Gasteiger partial charge in [-0.25, -0.2) is 12.7 Å². The van der Waals surface area contributed by atoms with Crippen LogP contribution in [0.4, 0.5) is 11.4 Å². The van der Waals surface area contributed by atoms with E-state index in [1.54, 1.807) is 12.1 Å². The number of anilines is 2. The van der Waals surface area contributed by atoms with Crippen LogP contribution in [0.2, 0.25) is 0 Å². The van der Waals surface area contributed by atoms with Crippen LogP contribution in [-0.2, 0) is 14.8 Å². The molecule has 0 saturated carbocycles. The Morgan fingerprint density at radius 3 is 2.35 bits per heavy atom. The Balaban J connectivity index is 2.19. The van der Waals surface area contributed by atoms with Crippen molar-refractivity contribution in [3.8, 4) is 0 Å². The van der Waals surface area contributed by atoms with Crippen molar-refractivity contribution in [3.63, 3.8) is 0 Å². The second-order valence-corrected chi connectivity index (χ2v) is 9.52. The first-order valence-corrected chi connectivity index (χ1v) is 10.3. The average Bonchev–Trinajstić information content (AvgIpc) is 2.56. The zero-order valence-corrected chi connectivity index (χ0v) is 17.1. The summed E-state index contributed by atoms with van der Waals surface area (Å²) in [5, 5.41) is 2.90. The molecule has 0 bridgehead atoms. The summed E-state index contributed by atoms with van der Waals surface area (Å²) in [6.45, 7) is 4.40. The maximum Gasteiger partial charge on any atom is 0.242 e. The second kappa shape index (κ2) is 8.37. The molecule has 26 heavy (non-hydrogen) atoms. The predicted molar refractivity (Wildman–Crippen MR) is 105 cm³/mol. The molecule has 0 unspecified atom stereocenters. The molecule has 1 heterocycles. The maximum absolute atomic E-state index is 12.5. The normalized spacial score (nSPS) is 16.7. The van der Waals surface area contributed by atoms with E-state index in [1.165, 1.54) is 20.2 Å². The van der Waals surface area contributed by atoms with Crippen LogP contribution in [0.15, 0.2) is 23.1 Å². The minimum Gasteiger partial charge on any atom is -0.376 e. The molecule has 1 amide bonds. The highest BCUT2D eigenvalue weighted by Gasteiger charge is 2.21. The minimum absolute atomic E-state index is 0.123. The van der Waals surface area contributed by atoms with Crippen molar-refractivity contribution in [2.24, 2.45) is 5.92 Å². The number of nitrogens with zero attached hydrogens (tertiary/aromatic N) is 3. The Bertz CT molecular complexity index is 739. The SMILES string of the molecule is CC1CCN(CC(=O)Nc2cc(S(=O)(=O)N(C)C)ccc2N(C)C)CC1. The molecule has 1 aliphatic heterocycles. The number of rotatable bonds is 6. The van der Waals surface area contributed by atoms with E-state index >= 15 is 0 Å². The Hall–Kier alpha value is -1.64. The highest BCUT2D eigenvalue weighted by Crippen LogP contribution is 2.28. The van der Waals surface area contributed by atoms with Gasteiger partial charge in [-0.2, -0.15) is 0 Å². The molecule has 1 N–H and O–H groups in total. The Kier molecular flexibility index (Phi) is 6.65. The molecule has 1 aromatic carbocycles. The van der Waals surface area contributed by atoms with Gasteiger partial charge >= 0.3 is 0 Å². The van der Waals surface area contributed by atoms with Crippen molar-refractivity contribution in [2.75, 3.05) is 58.0 Å². The van der Waals surface area contributed by atoms with Gasteiger partial charge in [0.2, 0.25) is 15.9 Å². The number of hydrogen-bond donors (Lipinski definition) is 1. The first-order valence-electron chi connectivity index (χ1n) is 8.87. The van der Waals surface area contributed by atoms with E-state index in [1.807, 2.05) is 19.0 Å². The van der Waals surface area contributed by atoms with E-state index < -0.39 is 10.0 Å². The van der Waals surface area contributed by atoms with Gasteiger partial charge in [0.05, 0.1) is 22.8 Å². The van der Waals surface area contributed by atoms with Crippen molar-refractivity contribution in [2.45, 2.75) is 24.7 Å². The smallest absolute Gasteiger partial charge is 0.242 e. The Morgan fingerprint density at radius 2 is 1.81 bits per heavy atom. The molecule has 0 atom stereocenters. The van der Waals surface area contributed by atoms with E-state index in [9.17, 15) is 13.2 Å². The molecule has 8 heteroatoms. The molecule has 0 radical (unpaired) electrons. The van der Waals surface area contributed by atoms with E-state index in [0.29, 0.717) is 18.2 Å². The summed E-state index contributed by atoms with van der Waals surface area (Å²) in [5.74, 6) is 0.588. The molecule has 1 aliphatic rings. The lowest BCUT2D eigenvalue weighted by atomic mass is 9.99. The van der Waals surface area contributed by atoms with Crippen LogP contribution in [0.3, 0.4) is 0 Å². The monoisotopic (exact) mass is 382 g/mol. The van der Waals surface area contributed by atoms with Gasteiger partial charge in [0, 0.05) is 28.2 Å². The lowest BCUT2D eigenvalue weighted by Gasteiger charge is -2.29. The Labute approximate surface area is 157 Å². The second-order valence-electron chi connectivity index (χ2n) is 7.37. The first-order chi connectivity index (χ1) is 12.1. The highest BCUT2D eigenvalue weighted by atomic mass is 32.2. The summed E-state index contributed by atoms with van der Waals surface area (Å²) in [4.78, 5) is 16.7. The number of carbonyl (C=O) groups is 1. The van der Waals surface area contributed by atoms with Crippen molar-refractivity contribution in [1.82, 2.24) is 9.21 Å². The number of amides is 1. The van der Waals surface area contributed by atoms with Gasteiger partial charge in [-0.1, -0.05) is 6.92 Å². The fourth-order valence-electron chi connectivity index (χ4n) is 2.99. The van der Waals surface area contributed by atoms with E-state index in [4.69, 9.17) is 0 Å². The molecule has 7 nitrogen and oxygen atoms in total. The number of benzene rings is 1. The fraction of sp³-hybridized carbons (Fsp3) is 0.611. The van der Waals surface area contributed by atoms with Crippen LogP contribution in [0.5, 0.6) is 0 Å². The summed E-state index contributed by atoms with van der Waals surface area (Å²) in [7, 11) is 3.14. The molecule has 146 valence electrons. The zero-order valence-electron chi connectivity index (χ0n) is 16.3. The quantitative estimate of drug-likeness (QED) is 0.810. The molecule has 0 spiro atoms. The van der Waals surface area contributed by atoms with Gasteiger partial charge < -0.3 is 10.2 Å². The zero-order chi connectivity index (χ0) is 19.5. The van der Waals surface area contributed by atoms with Gasteiger partial charge in [0.1, 0.15) is 0 Å². The Morgan fingerprint density at radius 1 is 1.19 bits per heavy atom. The van der Waals surface area contributed by atoms with E-state index in [-0.39, 0.29) is 10.8 Å². The first kappa shape index (κ1) is 20.7. The summed E-state index contributed by atoms with van der Waals surface area (Å²) in [6, 6.07) is 4.81. The standard InChI is InChI=1S/C18H30N4O3S/c1-14-8-10-22(11-9-14)13-18(23)19-16-12-15(26(24,25)21(4)5)6-7-17(16)20(2)3/h6-7,12,14H,8-11,13H2,1-5H3,(H,19,23). The molecule has 2 rings (SSSR count). The third kappa shape index (κ3) is 4.96. The molecule has 0 aromatic heterocycles. The number of sulfonamides is 1. The maximum atomic E-state index is 12.5. The van der Waals surface area contributed by atoms with Gasteiger partial charge in [-0.05, 0) is 50.0 Å². The van der Waals surface area contributed by atoms with Crippen LogP contribution in [0.1, 0.15) is 19.8 Å². The summed E-state index contributed by atoms with van der Waals surface area (Å²) < 4.78 is 25.9. The third-order valence-electron chi connectivity index (χ3n) is 4.75. The lowest BCUT2D eigenvalue weighted by Crippen LogP contribution is -2.38. The molecule has 1 aromatic rings. The number of likely N-dealkylation sites (tertiary alicyclic amines) is 1. The van der Waals surface area contributed by atoms with Crippen LogP contribution < -0.4 is 10.2 Å². The summed E-state index contributed by atoms with van der Waals surface area (Å²) in [6.07, 6.45) is 2.21. The van der Waals surface area contributed by atoms with Crippen molar-refractivity contribution < 1.29 is 13.2 Å². The highest BCUT2D eigenvalue weighted by molar-refractivity contribution is 7.89. The average molecular weight is 383 g/mol. The fourth-order valence-corrected chi connectivity index (χ4v) is 3.92. The van der Waals surface area contributed by atoms with Crippen molar-refractivity contribution >= 4 is 27.3 Å². The minimum atomic E-state index is -3.56. The third-order valence-corrected chi connectivity index (χ3v) is 6.56. The van der Waals surface area contributed by atoms with E-state index in [0.717, 1.165) is 35.9 Å². The largest absolute Gasteiger partial charge is 0.376 e. The number of carbonyl (C=O) groups excluding carboxylic acids is 1. The summed E-state index contributed by atoms with van der Waals surface area (Å²) in [5.41, 5.74) is 1.27. The lowest BCUT2D eigenvalue weighted by molar-refractivity contribution is -0.117. The van der Waals surface area contributed by atoms with Crippen LogP contribution in [-0.4, -0.2) is 71.4 Å². The van der Waals surface area contributed by atoms with Gasteiger partial charge in [-0.3, -0.25) is 9.69 Å². The predicted octanol–water partition coefficient (Wildman–Crippen LogP) is 1.67. The van der Waals surface area contributed by atoms with Crippen LogP contribution in [0, 0.1) is 5.92 Å². The number of nitrogens with one attached hydrogen (secondary N) is 1. The van der Waals surface area contributed by atoms with Crippen LogP contribution in [0.25, 0.3) is 0 Å². The number of hydrogen-bond acceptors (Lipinski definition) is 5. The van der Waals surface area contributed by atoms with Crippen molar-refractivity contribution in [3.05, 3.63) is 18.2 Å².